The average Bonchev–Trinajstić information content (AvgIpc) is 3.06. The Morgan fingerprint density at radius 2 is 2.32 bits per heavy atom. The van der Waals surface area contributed by atoms with Crippen molar-refractivity contribution in [1.82, 2.24) is 10.5 Å². The van der Waals surface area contributed by atoms with Crippen molar-refractivity contribution in [3.8, 4) is 12.3 Å². The number of aromatic nitrogens is 1. The highest BCUT2D eigenvalue weighted by Crippen LogP contribution is 2.37. The van der Waals surface area contributed by atoms with E-state index in [0.29, 0.717) is 31.6 Å². The second kappa shape index (κ2) is 5.65. The van der Waals surface area contributed by atoms with Crippen LogP contribution >= 0.6 is 0 Å². The molecule has 0 saturated heterocycles. The number of hydrogen-bond acceptors (Lipinski definition) is 5. The summed E-state index contributed by atoms with van der Waals surface area (Å²) in [6.45, 7) is 2.19. The van der Waals surface area contributed by atoms with E-state index in [1.54, 1.807) is 6.07 Å². The molecule has 1 N–H and O–H groups in total. The van der Waals surface area contributed by atoms with Crippen LogP contribution in [0.2, 0.25) is 0 Å². The molecule has 100 valence electrons. The van der Waals surface area contributed by atoms with Crippen LogP contribution in [-0.2, 0) is 11.3 Å². The van der Waals surface area contributed by atoms with Crippen molar-refractivity contribution in [3.63, 3.8) is 0 Å². The highest BCUT2D eigenvalue weighted by Gasteiger charge is 2.39. The maximum absolute atomic E-state index is 11.7. The van der Waals surface area contributed by atoms with Crippen LogP contribution in [0.3, 0.4) is 0 Å². The Bertz CT molecular complexity index is 521. The topological polar surface area (TPSA) is 79.9 Å². The van der Waals surface area contributed by atoms with Gasteiger partial charge in [-0.2, -0.15) is 10.2 Å². The first-order valence-corrected chi connectivity index (χ1v) is 6.20. The number of nitrogens with zero attached hydrogens (tertiary/aromatic N) is 3. The van der Waals surface area contributed by atoms with E-state index in [-0.39, 0.29) is 5.91 Å². The van der Waals surface area contributed by atoms with Crippen molar-refractivity contribution in [2.24, 2.45) is 10.2 Å². The summed E-state index contributed by atoms with van der Waals surface area (Å²) in [4.78, 5) is 11.7. The molecule has 1 aromatic heterocycles. The van der Waals surface area contributed by atoms with Gasteiger partial charge in [0.05, 0.1) is 12.2 Å². The number of terminal acetylenes is 1. The molecule has 6 nitrogen and oxygen atoms in total. The van der Waals surface area contributed by atoms with Crippen LogP contribution in [-0.4, -0.2) is 16.7 Å². The standard InChI is InChI=1S/C13H16N4O2/c1-3-4-6-13(16-17-13)7-5-12(18)14-9-11-8-10(2)15-19-11/h1,8H,4-7,9H2,2H3,(H,14,18). The monoisotopic (exact) mass is 260 g/mol. The second-order valence-corrected chi connectivity index (χ2v) is 4.60. The number of carbonyl (C=O) groups is 1. The third-order valence-electron chi connectivity index (χ3n) is 2.94. The Hall–Kier alpha value is -2.16. The van der Waals surface area contributed by atoms with E-state index < -0.39 is 5.66 Å². The van der Waals surface area contributed by atoms with Crippen molar-refractivity contribution in [3.05, 3.63) is 17.5 Å². The summed E-state index contributed by atoms with van der Waals surface area (Å²) < 4.78 is 5.00. The van der Waals surface area contributed by atoms with Gasteiger partial charge >= 0.3 is 0 Å². The fourth-order valence-electron chi connectivity index (χ4n) is 1.76. The SMILES string of the molecule is C#CCCC1(CCC(=O)NCc2cc(C)no2)N=N1. The predicted octanol–water partition coefficient (Wildman–Crippen LogP) is 1.95. The van der Waals surface area contributed by atoms with Gasteiger partial charge < -0.3 is 9.84 Å². The molecule has 1 aliphatic heterocycles. The number of hydrogen-bond donors (Lipinski definition) is 1. The Morgan fingerprint density at radius 3 is 2.89 bits per heavy atom. The lowest BCUT2D eigenvalue weighted by Crippen LogP contribution is -2.24. The minimum absolute atomic E-state index is 0.0496. The molecule has 0 aromatic carbocycles. The third kappa shape index (κ3) is 3.91. The normalized spacial score (nSPS) is 14.9. The molecule has 0 atom stereocenters. The van der Waals surface area contributed by atoms with Gasteiger partial charge in [-0.05, 0) is 6.92 Å². The fraction of sp³-hybridized carbons (Fsp3) is 0.538. The minimum atomic E-state index is -0.396. The van der Waals surface area contributed by atoms with Crippen LogP contribution in [0.4, 0.5) is 0 Å². The lowest BCUT2D eigenvalue weighted by molar-refractivity contribution is -0.121. The van der Waals surface area contributed by atoms with Crippen LogP contribution in [0.1, 0.15) is 37.1 Å². The highest BCUT2D eigenvalue weighted by atomic mass is 16.5. The van der Waals surface area contributed by atoms with Crippen LogP contribution < -0.4 is 5.32 Å². The van der Waals surface area contributed by atoms with Crippen molar-refractivity contribution in [2.75, 3.05) is 0 Å². The fourth-order valence-corrected chi connectivity index (χ4v) is 1.76. The van der Waals surface area contributed by atoms with Gasteiger partial charge in [0.2, 0.25) is 5.91 Å². The van der Waals surface area contributed by atoms with Gasteiger partial charge in [0, 0.05) is 31.7 Å². The summed E-state index contributed by atoms with van der Waals surface area (Å²) in [7, 11) is 0. The number of aryl methyl sites for hydroxylation is 1. The maximum Gasteiger partial charge on any atom is 0.220 e. The van der Waals surface area contributed by atoms with Crippen molar-refractivity contribution >= 4 is 5.91 Å². The van der Waals surface area contributed by atoms with E-state index >= 15 is 0 Å². The third-order valence-corrected chi connectivity index (χ3v) is 2.94. The zero-order valence-electron chi connectivity index (χ0n) is 10.8. The first-order chi connectivity index (χ1) is 9.13. The Labute approximate surface area is 111 Å². The van der Waals surface area contributed by atoms with E-state index in [1.807, 2.05) is 6.92 Å². The number of carbonyl (C=O) groups excluding carboxylic acids is 1. The lowest BCUT2D eigenvalue weighted by Gasteiger charge is -2.08. The zero-order valence-corrected chi connectivity index (χ0v) is 10.8. The number of nitrogens with one attached hydrogen (secondary N) is 1. The molecule has 0 unspecified atom stereocenters. The Balaban J connectivity index is 1.66. The first kappa shape index (κ1) is 13.3. The van der Waals surface area contributed by atoms with Gasteiger partial charge in [0.1, 0.15) is 0 Å². The minimum Gasteiger partial charge on any atom is -0.359 e. The van der Waals surface area contributed by atoms with Crippen molar-refractivity contribution < 1.29 is 9.32 Å². The molecule has 0 bridgehead atoms. The summed E-state index contributed by atoms with van der Waals surface area (Å²) >= 11 is 0. The molecule has 1 aromatic rings. The van der Waals surface area contributed by atoms with Crippen molar-refractivity contribution in [1.29, 1.82) is 0 Å². The first-order valence-electron chi connectivity index (χ1n) is 6.20. The second-order valence-electron chi connectivity index (χ2n) is 4.60. The molecule has 2 rings (SSSR count). The van der Waals surface area contributed by atoms with E-state index in [2.05, 4.69) is 26.6 Å². The lowest BCUT2D eigenvalue weighted by atomic mass is 10.0. The predicted molar refractivity (Wildman–Crippen MR) is 68.0 cm³/mol. The van der Waals surface area contributed by atoms with Gasteiger partial charge in [-0.3, -0.25) is 4.79 Å². The van der Waals surface area contributed by atoms with E-state index in [4.69, 9.17) is 10.9 Å². The van der Waals surface area contributed by atoms with E-state index in [0.717, 1.165) is 12.1 Å². The van der Waals surface area contributed by atoms with Gasteiger partial charge in [0.15, 0.2) is 11.4 Å². The van der Waals surface area contributed by atoms with E-state index in [1.165, 1.54) is 0 Å². The van der Waals surface area contributed by atoms with Gasteiger partial charge in [-0.1, -0.05) is 5.16 Å². The molecule has 0 fully saturated rings. The Morgan fingerprint density at radius 1 is 1.53 bits per heavy atom. The molecular weight excluding hydrogens is 244 g/mol. The number of amides is 1. The molecule has 1 amide bonds. The zero-order chi connectivity index (χ0) is 13.7. The van der Waals surface area contributed by atoms with Gasteiger partial charge in [-0.15, -0.1) is 12.3 Å². The van der Waals surface area contributed by atoms with Crippen LogP contribution in [0.15, 0.2) is 20.8 Å². The summed E-state index contributed by atoms with van der Waals surface area (Å²) in [6.07, 6.45) is 7.54. The molecular formula is C13H16N4O2. The molecule has 0 aliphatic carbocycles. The van der Waals surface area contributed by atoms with Gasteiger partial charge in [-0.25, -0.2) is 0 Å². The molecule has 1 aliphatic rings. The largest absolute Gasteiger partial charge is 0.359 e. The van der Waals surface area contributed by atoms with Crippen LogP contribution in [0.25, 0.3) is 0 Å². The molecule has 2 heterocycles. The quantitative estimate of drug-likeness (QED) is 0.761. The summed E-state index contributed by atoms with van der Waals surface area (Å²) in [6, 6.07) is 1.79. The maximum atomic E-state index is 11.7. The van der Waals surface area contributed by atoms with Crippen LogP contribution in [0, 0.1) is 19.3 Å². The van der Waals surface area contributed by atoms with Crippen molar-refractivity contribution in [2.45, 2.75) is 44.8 Å². The molecule has 0 spiro atoms. The summed E-state index contributed by atoms with van der Waals surface area (Å²) in [5.74, 6) is 3.16. The summed E-state index contributed by atoms with van der Waals surface area (Å²) in [5, 5.41) is 14.5. The molecule has 19 heavy (non-hydrogen) atoms. The molecule has 6 heteroatoms. The average molecular weight is 260 g/mol. The van der Waals surface area contributed by atoms with Gasteiger partial charge in [0.25, 0.3) is 0 Å². The van der Waals surface area contributed by atoms with E-state index in [9.17, 15) is 4.79 Å². The Kier molecular flexibility index (Phi) is 3.95. The summed E-state index contributed by atoms with van der Waals surface area (Å²) in [5.41, 5.74) is 0.403. The number of rotatable bonds is 7. The molecule has 0 saturated carbocycles. The molecule has 0 radical (unpaired) electrons. The van der Waals surface area contributed by atoms with Crippen LogP contribution in [0.5, 0.6) is 0 Å². The smallest absolute Gasteiger partial charge is 0.220 e. The highest BCUT2D eigenvalue weighted by molar-refractivity contribution is 5.75.